The molecule has 0 unspecified atom stereocenters. The molecule has 134 valence electrons. The van der Waals surface area contributed by atoms with Crippen LogP contribution in [0, 0.1) is 5.82 Å². The number of benzene rings is 2. The number of hydrogen-bond acceptors (Lipinski definition) is 5. The van der Waals surface area contributed by atoms with Crippen molar-refractivity contribution in [1.29, 1.82) is 0 Å². The first-order valence-corrected chi connectivity index (χ1v) is 9.58. The third kappa shape index (κ3) is 3.25. The Kier molecular flexibility index (Phi) is 4.29. The van der Waals surface area contributed by atoms with E-state index >= 15 is 0 Å². The lowest BCUT2D eigenvalue weighted by Crippen LogP contribution is -2.48. The zero-order chi connectivity index (χ0) is 18.1. The normalized spacial score (nSPS) is 15.7. The second-order valence-electron chi connectivity index (χ2n) is 6.19. The highest BCUT2D eigenvalue weighted by Gasteiger charge is 2.40. The molecule has 2 heterocycles. The van der Waals surface area contributed by atoms with E-state index in [0.717, 1.165) is 11.6 Å². The molecule has 4 rings (SSSR count). The van der Waals surface area contributed by atoms with Gasteiger partial charge in [0.1, 0.15) is 5.82 Å². The van der Waals surface area contributed by atoms with E-state index in [0.29, 0.717) is 18.1 Å². The van der Waals surface area contributed by atoms with E-state index in [4.69, 9.17) is 4.52 Å². The van der Waals surface area contributed by atoms with Crippen molar-refractivity contribution in [3.8, 4) is 0 Å². The highest BCUT2D eigenvalue weighted by atomic mass is 32.2. The molecule has 0 spiro atoms. The third-order valence-electron chi connectivity index (χ3n) is 4.32. The lowest BCUT2D eigenvalue weighted by Gasteiger charge is -2.35. The highest BCUT2D eigenvalue weighted by molar-refractivity contribution is 7.89. The van der Waals surface area contributed by atoms with E-state index in [1.807, 2.05) is 30.3 Å². The maximum atomic E-state index is 13.3. The Morgan fingerprint density at radius 3 is 2.62 bits per heavy atom. The Labute approximate surface area is 150 Å². The van der Waals surface area contributed by atoms with Crippen LogP contribution >= 0.6 is 0 Å². The quantitative estimate of drug-likeness (QED) is 0.687. The molecular formula is C18H16FN3O3S. The SMILES string of the molecule is O=S(=O)(c1cccc(F)c1)N1CC(c2nc(Cc3ccccc3)no2)C1. The summed E-state index contributed by atoms with van der Waals surface area (Å²) in [7, 11) is -3.70. The number of rotatable bonds is 5. The first-order valence-electron chi connectivity index (χ1n) is 8.14. The fraction of sp³-hybridized carbons (Fsp3) is 0.222. The third-order valence-corrected chi connectivity index (χ3v) is 6.15. The van der Waals surface area contributed by atoms with Crippen LogP contribution in [-0.2, 0) is 16.4 Å². The van der Waals surface area contributed by atoms with Crippen molar-refractivity contribution in [2.24, 2.45) is 0 Å². The molecule has 0 saturated carbocycles. The Morgan fingerprint density at radius 1 is 1.12 bits per heavy atom. The van der Waals surface area contributed by atoms with E-state index in [2.05, 4.69) is 10.1 Å². The van der Waals surface area contributed by atoms with E-state index < -0.39 is 15.8 Å². The first-order chi connectivity index (χ1) is 12.5. The van der Waals surface area contributed by atoms with Crippen LogP contribution in [0.3, 0.4) is 0 Å². The zero-order valence-electron chi connectivity index (χ0n) is 13.7. The van der Waals surface area contributed by atoms with Crippen LogP contribution in [0.25, 0.3) is 0 Å². The van der Waals surface area contributed by atoms with Gasteiger partial charge in [-0.3, -0.25) is 0 Å². The van der Waals surface area contributed by atoms with Gasteiger partial charge in [-0.25, -0.2) is 12.8 Å². The lowest BCUT2D eigenvalue weighted by molar-refractivity contribution is 0.216. The van der Waals surface area contributed by atoms with Gasteiger partial charge in [-0.2, -0.15) is 9.29 Å². The maximum Gasteiger partial charge on any atom is 0.243 e. The van der Waals surface area contributed by atoms with E-state index in [9.17, 15) is 12.8 Å². The molecule has 26 heavy (non-hydrogen) atoms. The summed E-state index contributed by atoms with van der Waals surface area (Å²) in [5.41, 5.74) is 1.07. The van der Waals surface area contributed by atoms with E-state index in [1.165, 1.54) is 22.5 Å². The van der Waals surface area contributed by atoms with Crippen LogP contribution in [0.4, 0.5) is 4.39 Å². The molecule has 1 aromatic heterocycles. The molecular weight excluding hydrogens is 357 g/mol. The van der Waals surface area contributed by atoms with Crippen molar-refractivity contribution in [1.82, 2.24) is 14.4 Å². The lowest BCUT2D eigenvalue weighted by atomic mass is 10.0. The van der Waals surface area contributed by atoms with Crippen molar-refractivity contribution in [3.05, 3.63) is 77.7 Å². The van der Waals surface area contributed by atoms with Gasteiger partial charge in [0.25, 0.3) is 0 Å². The monoisotopic (exact) mass is 373 g/mol. The average Bonchev–Trinajstić information content (AvgIpc) is 3.02. The number of aromatic nitrogens is 2. The summed E-state index contributed by atoms with van der Waals surface area (Å²) in [6.45, 7) is 0.484. The van der Waals surface area contributed by atoms with Gasteiger partial charge in [0.05, 0.1) is 10.8 Å². The molecule has 1 fully saturated rings. The standard InChI is InChI=1S/C18H16FN3O3S/c19-15-7-4-8-16(10-15)26(23,24)22-11-14(12-22)18-20-17(21-25-18)9-13-5-2-1-3-6-13/h1-8,10,14H,9,11-12H2. The zero-order valence-corrected chi connectivity index (χ0v) is 14.6. The molecule has 0 bridgehead atoms. The van der Waals surface area contributed by atoms with Crippen molar-refractivity contribution in [2.75, 3.05) is 13.1 Å². The van der Waals surface area contributed by atoms with Crippen LogP contribution in [0.1, 0.15) is 23.2 Å². The van der Waals surface area contributed by atoms with Gasteiger partial charge < -0.3 is 4.52 Å². The molecule has 1 saturated heterocycles. The van der Waals surface area contributed by atoms with Gasteiger partial charge in [-0.15, -0.1) is 0 Å². The summed E-state index contributed by atoms with van der Waals surface area (Å²) >= 11 is 0. The van der Waals surface area contributed by atoms with Crippen LogP contribution in [0.5, 0.6) is 0 Å². The molecule has 0 aliphatic carbocycles. The average molecular weight is 373 g/mol. The van der Waals surface area contributed by atoms with Gasteiger partial charge in [-0.1, -0.05) is 41.6 Å². The van der Waals surface area contributed by atoms with Gasteiger partial charge in [0.15, 0.2) is 5.82 Å². The van der Waals surface area contributed by atoms with Crippen LogP contribution in [0.15, 0.2) is 64.0 Å². The van der Waals surface area contributed by atoms with Gasteiger partial charge in [0, 0.05) is 19.5 Å². The van der Waals surface area contributed by atoms with E-state index in [-0.39, 0.29) is 23.9 Å². The number of sulfonamides is 1. The van der Waals surface area contributed by atoms with Crippen LogP contribution in [0.2, 0.25) is 0 Å². The molecule has 0 N–H and O–H groups in total. The number of halogens is 1. The second-order valence-corrected chi connectivity index (χ2v) is 8.13. The Morgan fingerprint density at radius 2 is 1.88 bits per heavy atom. The fourth-order valence-corrected chi connectivity index (χ4v) is 4.41. The summed E-state index contributed by atoms with van der Waals surface area (Å²) < 4.78 is 44.8. The van der Waals surface area contributed by atoms with Crippen molar-refractivity contribution < 1.29 is 17.3 Å². The predicted molar refractivity (Wildman–Crippen MR) is 91.4 cm³/mol. The minimum atomic E-state index is -3.70. The predicted octanol–water partition coefficient (Wildman–Crippen LogP) is 2.59. The van der Waals surface area contributed by atoms with Crippen LogP contribution in [-0.4, -0.2) is 36.0 Å². The molecule has 2 aromatic carbocycles. The molecule has 0 atom stereocenters. The Bertz CT molecular complexity index is 1010. The summed E-state index contributed by atoms with van der Waals surface area (Å²) in [5.74, 6) is 0.278. The van der Waals surface area contributed by atoms with Crippen molar-refractivity contribution >= 4 is 10.0 Å². The van der Waals surface area contributed by atoms with Gasteiger partial charge in [0.2, 0.25) is 15.9 Å². The van der Waals surface area contributed by atoms with Crippen LogP contribution < -0.4 is 0 Å². The molecule has 1 aliphatic rings. The molecule has 0 amide bonds. The Balaban J connectivity index is 1.42. The summed E-state index contributed by atoms with van der Waals surface area (Å²) in [5, 5.41) is 3.97. The van der Waals surface area contributed by atoms with Crippen molar-refractivity contribution in [3.63, 3.8) is 0 Å². The smallest absolute Gasteiger partial charge is 0.243 e. The second kappa shape index (κ2) is 6.62. The maximum absolute atomic E-state index is 13.3. The highest BCUT2D eigenvalue weighted by Crippen LogP contribution is 2.31. The van der Waals surface area contributed by atoms with Gasteiger partial charge >= 0.3 is 0 Å². The minimum Gasteiger partial charge on any atom is -0.339 e. The van der Waals surface area contributed by atoms with Crippen molar-refractivity contribution in [2.45, 2.75) is 17.2 Å². The minimum absolute atomic E-state index is 0.0498. The summed E-state index contributed by atoms with van der Waals surface area (Å²) in [6, 6.07) is 14.8. The molecule has 0 radical (unpaired) electrons. The van der Waals surface area contributed by atoms with Gasteiger partial charge in [-0.05, 0) is 23.8 Å². The molecule has 3 aromatic rings. The van der Waals surface area contributed by atoms with E-state index in [1.54, 1.807) is 0 Å². The first kappa shape index (κ1) is 16.9. The topological polar surface area (TPSA) is 76.3 Å². The fourth-order valence-electron chi connectivity index (χ4n) is 2.85. The summed E-state index contributed by atoms with van der Waals surface area (Å²) in [6.07, 6.45) is 0.558. The molecule has 6 nitrogen and oxygen atoms in total. The summed E-state index contributed by atoms with van der Waals surface area (Å²) in [4.78, 5) is 4.32. The molecule has 8 heteroatoms. The Hall–Kier alpha value is -2.58. The molecule has 1 aliphatic heterocycles. The largest absolute Gasteiger partial charge is 0.339 e. The number of nitrogens with zero attached hydrogens (tertiary/aromatic N) is 3. The number of hydrogen-bond donors (Lipinski definition) is 0.